The van der Waals surface area contributed by atoms with E-state index in [1.807, 2.05) is 35.7 Å². The summed E-state index contributed by atoms with van der Waals surface area (Å²) in [4.78, 5) is 24.1. The van der Waals surface area contributed by atoms with Crippen molar-refractivity contribution in [3.8, 4) is 5.06 Å². The molecule has 3 nitrogen and oxygen atoms in total. The molecule has 0 amide bonds. The van der Waals surface area contributed by atoms with Gasteiger partial charge in [0, 0.05) is 12.0 Å². The van der Waals surface area contributed by atoms with E-state index >= 15 is 0 Å². The van der Waals surface area contributed by atoms with E-state index in [1.54, 1.807) is 6.07 Å². The van der Waals surface area contributed by atoms with E-state index in [2.05, 4.69) is 0 Å². The van der Waals surface area contributed by atoms with Gasteiger partial charge < -0.3 is 4.74 Å². The van der Waals surface area contributed by atoms with E-state index in [1.165, 1.54) is 11.3 Å². The molecule has 96 valence electrons. The van der Waals surface area contributed by atoms with E-state index < -0.39 is 0 Å². The van der Waals surface area contributed by atoms with Gasteiger partial charge in [0.15, 0.2) is 10.8 Å². The van der Waals surface area contributed by atoms with Gasteiger partial charge in [-0.05, 0) is 29.5 Å². The molecule has 19 heavy (non-hydrogen) atoms. The number of hydrogen-bond donors (Lipinski definition) is 0. The Hall–Kier alpha value is -1.94. The van der Waals surface area contributed by atoms with Crippen molar-refractivity contribution in [2.45, 2.75) is 12.8 Å². The highest BCUT2D eigenvalue weighted by Crippen LogP contribution is 2.28. The number of carbonyl (C=O) groups is 2. The Morgan fingerprint density at radius 2 is 2.00 bits per heavy atom. The Bertz CT molecular complexity index is 616. The first-order chi connectivity index (χ1) is 9.24. The van der Waals surface area contributed by atoms with Crippen molar-refractivity contribution < 1.29 is 14.3 Å². The maximum absolute atomic E-state index is 12.1. The van der Waals surface area contributed by atoms with Crippen molar-refractivity contribution in [2.24, 2.45) is 5.92 Å². The first kappa shape index (κ1) is 12.1. The van der Waals surface area contributed by atoms with Crippen LogP contribution in [0, 0.1) is 5.92 Å². The fraction of sp³-hybridized carbons (Fsp3) is 0.200. The van der Waals surface area contributed by atoms with Gasteiger partial charge in [0.2, 0.25) is 0 Å². The highest BCUT2D eigenvalue weighted by atomic mass is 32.1. The second kappa shape index (κ2) is 4.97. The van der Waals surface area contributed by atoms with Crippen LogP contribution in [0.25, 0.3) is 0 Å². The van der Waals surface area contributed by atoms with Gasteiger partial charge in [-0.1, -0.05) is 24.3 Å². The zero-order valence-electron chi connectivity index (χ0n) is 10.2. The summed E-state index contributed by atoms with van der Waals surface area (Å²) >= 11 is 1.37. The molecule has 1 aliphatic rings. The zero-order valence-corrected chi connectivity index (χ0v) is 11.0. The summed E-state index contributed by atoms with van der Waals surface area (Å²) < 4.78 is 5.28. The van der Waals surface area contributed by atoms with Crippen LogP contribution in [-0.2, 0) is 11.2 Å². The molecule has 1 atom stereocenters. The summed E-state index contributed by atoms with van der Waals surface area (Å²) in [5.41, 5.74) is 1.68. The van der Waals surface area contributed by atoms with Crippen LogP contribution in [0.15, 0.2) is 41.8 Å². The number of thiophene rings is 1. The van der Waals surface area contributed by atoms with Gasteiger partial charge in [0.25, 0.3) is 0 Å². The molecule has 0 radical (unpaired) electrons. The number of benzene rings is 1. The fourth-order valence-corrected chi connectivity index (χ4v) is 2.89. The van der Waals surface area contributed by atoms with Crippen LogP contribution in [0.4, 0.5) is 0 Å². The van der Waals surface area contributed by atoms with Gasteiger partial charge in [0.05, 0.1) is 5.92 Å². The van der Waals surface area contributed by atoms with Crippen molar-refractivity contribution in [2.75, 3.05) is 0 Å². The number of carbonyl (C=O) groups excluding carboxylic acids is 2. The normalized spacial score (nSPS) is 17.9. The largest absolute Gasteiger partial charge is 0.415 e. The predicted molar refractivity (Wildman–Crippen MR) is 72.5 cm³/mol. The minimum atomic E-state index is -0.371. The number of ether oxygens (including phenoxy) is 1. The van der Waals surface area contributed by atoms with E-state index in [9.17, 15) is 9.59 Å². The molecule has 0 saturated heterocycles. The number of Topliss-reactive ketones (excluding diaryl/α,β-unsaturated/α-hetero) is 1. The molecule has 3 rings (SSSR count). The number of hydrogen-bond acceptors (Lipinski definition) is 4. The van der Waals surface area contributed by atoms with E-state index in [0.717, 1.165) is 11.1 Å². The Morgan fingerprint density at radius 1 is 1.16 bits per heavy atom. The molecule has 4 heteroatoms. The van der Waals surface area contributed by atoms with E-state index in [4.69, 9.17) is 4.74 Å². The Kier molecular flexibility index (Phi) is 3.17. The Balaban J connectivity index is 1.78. The van der Waals surface area contributed by atoms with Crippen molar-refractivity contribution in [1.29, 1.82) is 0 Å². The third kappa shape index (κ3) is 2.44. The number of esters is 1. The Labute approximate surface area is 114 Å². The number of ketones is 1. The van der Waals surface area contributed by atoms with Crippen molar-refractivity contribution in [3.63, 3.8) is 0 Å². The molecule has 1 heterocycles. The Morgan fingerprint density at radius 3 is 2.79 bits per heavy atom. The van der Waals surface area contributed by atoms with Crippen LogP contribution in [0.1, 0.15) is 22.3 Å². The van der Waals surface area contributed by atoms with Crippen LogP contribution >= 0.6 is 11.3 Å². The fourth-order valence-electron chi connectivity index (χ4n) is 2.31. The summed E-state index contributed by atoms with van der Waals surface area (Å²) in [6.07, 6.45) is 0.813. The topological polar surface area (TPSA) is 43.4 Å². The minimum absolute atomic E-state index is 0.0231. The molecule has 1 aromatic carbocycles. The molecule has 2 aromatic rings. The van der Waals surface area contributed by atoms with Gasteiger partial charge >= 0.3 is 5.97 Å². The smallest absolute Gasteiger partial charge is 0.315 e. The van der Waals surface area contributed by atoms with E-state index in [0.29, 0.717) is 11.5 Å². The molecule has 1 aromatic heterocycles. The average Bonchev–Trinajstić information content (AvgIpc) is 2.91. The molecule has 0 bridgehead atoms. The standard InChI is InChI=1S/C15H12O3S/c16-13-9-11(8-10-4-1-2-5-12(10)13)15(17)18-14-6-3-7-19-14/h1-7,11H,8-9H2. The maximum atomic E-state index is 12.1. The summed E-state index contributed by atoms with van der Waals surface area (Å²) in [5, 5.41) is 2.43. The van der Waals surface area contributed by atoms with Crippen molar-refractivity contribution in [1.82, 2.24) is 0 Å². The zero-order chi connectivity index (χ0) is 13.2. The number of rotatable bonds is 2. The van der Waals surface area contributed by atoms with Crippen LogP contribution in [0.2, 0.25) is 0 Å². The van der Waals surface area contributed by atoms with Gasteiger partial charge in [-0.15, -0.1) is 11.3 Å². The summed E-state index contributed by atoms with van der Waals surface area (Å²) in [6, 6.07) is 11.0. The van der Waals surface area contributed by atoms with Crippen molar-refractivity contribution in [3.05, 3.63) is 52.9 Å². The lowest BCUT2D eigenvalue weighted by molar-refractivity contribution is -0.138. The monoisotopic (exact) mass is 272 g/mol. The molecule has 0 N–H and O–H groups in total. The lowest BCUT2D eigenvalue weighted by Gasteiger charge is -2.21. The molecule has 1 aliphatic carbocycles. The summed E-state index contributed by atoms with van der Waals surface area (Å²) in [6.45, 7) is 0. The van der Waals surface area contributed by atoms with Crippen LogP contribution < -0.4 is 4.74 Å². The lowest BCUT2D eigenvalue weighted by atomic mass is 9.83. The highest BCUT2D eigenvalue weighted by Gasteiger charge is 2.31. The highest BCUT2D eigenvalue weighted by molar-refractivity contribution is 7.11. The number of fused-ring (bicyclic) bond motifs is 1. The quantitative estimate of drug-likeness (QED) is 0.789. The lowest BCUT2D eigenvalue weighted by Crippen LogP contribution is -2.29. The summed E-state index contributed by atoms with van der Waals surface area (Å²) in [7, 11) is 0. The van der Waals surface area contributed by atoms with Gasteiger partial charge in [-0.3, -0.25) is 9.59 Å². The van der Waals surface area contributed by atoms with Crippen LogP contribution in [0.5, 0.6) is 5.06 Å². The predicted octanol–water partition coefficient (Wildman–Crippen LogP) is 3.10. The molecule has 0 saturated carbocycles. The molecule has 1 unspecified atom stereocenters. The van der Waals surface area contributed by atoms with Crippen LogP contribution in [-0.4, -0.2) is 11.8 Å². The molecule has 0 spiro atoms. The maximum Gasteiger partial charge on any atom is 0.315 e. The minimum Gasteiger partial charge on any atom is -0.415 e. The third-order valence-electron chi connectivity index (χ3n) is 3.25. The van der Waals surface area contributed by atoms with Crippen molar-refractivity contribution >= 4 is 23.1 Å². The molecular weight excluding hydrogens is 260 g/mol. The molecule has 0 fully saturated rings. The second-order valence-corrected chi connectivity index (χ2v) is 5.45. The first-order valence-electron chi connectivity index (χ1n) is 6.10. The second-order valence-electron chi connectivity index (χ2n) is 4.54. The molecular formula is C15H12O3S. The summed E-state index contributed by atoms with van der Waals surface area (Å²) in [5.74, 6) is -0.662. The van der Waals surface area contributed by atoms with Crippen LogP contribution in [0.3, 0.4) is 0 Å². The van der Waals surface area contributed by atoms with E-state index in [-0.39, 0.29) is 24.1 Å². The van der Waals surface area contributed by atoms with Gasteiger partial charge in [0.1, 0.15) is 0 Å². The third-order valence-corrected chi connectivity index (χ3v) is 3.99. The van der Waals surface area contributed by atoms with Gasteiger partial charge in [-0.2, -0.15) is 0 Å². The SMILES string of the molecule is O=C1CC(C(=O)Oc2cccs2)Cc2ccccc21. The van der Waals surface area contributed by atoms with Gasteiger partial charge in [-0.25, -0.2) is 0 Å². The molecule has 0 aliphatic heterocycles. The first-order valence-corrected chi connectivity index (χ1v) is 6.98. The average molecular weight is 272 g/mol.